The van der Waals surface area contributed by atoms with Crippen LogP contribution < -0.4 is 20.7 Å². The number of carbonyl (C=O) groups excluding carboxylic acids is 1. The first-order chi connectivity index (χ1) is 16.0. The molecule has 0 spiro atoms. The molecule has 1 aliphatic rings. The Hall–Kier alpha value is -3.55. The van der Waals surface area contributed by atoms with E-state index in [0.29, 0.717) is 61.3 Å². The maximum atomic E-state index is 12.7. The standard InChI is InChI=1S/C25H29N3O5/c1-32-21-14-17-11-13-27(16-18(17)15-22(21)33-2)23(29)10-4-3-7-12-28-24(30)19-8-5-6-9-20(19)26-25(28)31/h5-6,8-9,14-15H,3-4,7,10-13,16H2,1-2H3,(H,26,31). The Labute approximate surface area is 191 Å². The minimum absolute atomic E-state index is 0.121. The fourth-order valence-electron chi connectivity index (χ4n) is 4.38. The molecular formula is C25H29N3O5. The first kappa shape index (κ1) is 22.6. The number of hydrogen-bond acceptors (Lipinski definition) is 5. The first-order valence-electron chi connectivity index (χ1n) is 11.2. The number of benzene rings is 2. The van der Waals surface area contributed by atoms with Crippen molar-refractivity contribution in [2.45, 2.75) is 45.2 Å². The van der Waals surface area contributed by atoms with Gasteiger partial charge in [-0.15, -0.1) is 0 Å². The molecule has 8 heteroatoms. The minimum Gasteiger partial charge on any atom is -0.493 e. The Morgan fingerprint density at radius 2 is 1.73 bits per heavy atom. The van der Waals surface area contributed by atoms with Gasteiger partial charge in [-0.2, -0.15) is 0 Å². The SMILES string of the molecule is COc1cc2c(cc1OC)CN(C(=O)CCCCCn1c(=O)[nH]c3ccccc3c1=O)CC2. The maximum absolute atomic E-state index is 12.7. The molecule has 0 radical (unpaired) electrons. The Morgan fingerprint density at radius 3 is 2.48 bits per heavy atom. The van der Waals surface area contributed by atoms with Crippen molar-refractivity contribution in [3.8, 4) is 11.5 Å². The summed E-state index contributed by atoms with van der Waals surface area (Å²) < 4.78 is 12.0. The summed E-state index contributed by atoms with van der Waals surface area (Å²) in [6, 6.07) is 10.9. The predicted octanol–water partition coefficient (Wildman–Crippen LogP) is 2.85. The van der Waals surface area contributed by atoms with Gasteiger partial charge in [0.1, 0.15) is 0 Å². The van der Waals surface area contributed by atoms with Crippen LogP contribution in [0.15, 0.2) is 46.0 Å². The number of rotatable bonds is 8. The lowest BCUT2D eigenvalue weighted by Gasteiger charge is -2.29. The van der Waals surface area contributed by atoms with Crippen molar-refractivity contribution in [3.05, 3.63) is 68.4 Å². The molecule has 1 aromatic heterocycles. The highest BCUT2D eigenvalue weighted by atomic mass is 16.5. The van der Waals surface area contributed by atoms with E-state index in [0.717, 1.165) is 18.4 Å². The molecule has 1 aliphatic heterocycles. The number of unbranched alkanes of at least 4 members (excludes halogenated alkanes) is 2. The van der Waals surface area contributed by atoms with Gasteiger partial charge >= 0.3 is 5.69 Å². The van der Waals surface area contributed by atoms with Crippen molar-refractivity contribution in [1.29, 1.82) is 0 Å². The van der Waals surface area contributed by atoms with Crippen LogP contribution in [0.3, 0.4) is 0 Å². The number of fused-ring (bicyclic) bond motifs is 2. The summed E-state index contributed by atoms with van der Waals surface area (Å²) in [4.78, 5) is 42.2. The molecule has 8 nitrogen and oxygen atoms in total. The number of aromatic nitrogens is 2. The van der Waals surface area contributed by atoms with E-state index in [1.54, 1.807) is 38.5 Å². The zero-order valence-electron chi connectivity index (χ0n) is 19.1. The number of para-hydroxylation sites is 1. The topological polar surface area (TPSA) is 93.6 Å². The summed E-state index contributed by atoms with van der Waals surface area (Å²) in [6.45, 7) is 1.59. The van der Waals surface area contributed by atoms with Gasteiger partial charge < -0.3 is 19.4 Å². The van der Waals surface area contributed by atoms with Gasteiger partial charge in [0.05, 0.1) is 25.1 Å². The van der Waals surface area contributed by atoms with Crippen LogP contribution in [-0.4, -0.2) is 41.1 Å². The average Bonchev–Trinajstić information content (AvgIpc) is 2.84. The van der Waals surface area contributed by atoms with E-state index in [9.17, 15) is 14.4 Å². The molecule has 33 heavy (non-hydrogen) atoms. The van der Waals surface area contributed by atoms with E-state index >= 15 is 0 Å². The monoisotopic (exact) mass is 451 g/mol. The largest absolute Gasteiger partial charge is 0.493 e. The normalized spacial score (nSPS) is 13.1. The van der Waals surface area contributed by atoms with Crippen LogP contribution in [0.5, 0.6) is 11.5 Å². The van der Waals surface area contributed by atoms with Gasteiger partial charge in [0.2, 0.25) is 5.91 Å². The van der Waals surface area contributed by atoms with Gasteiger partial charge in [0.25, 0.3) is 5.56 Å². The number of amides is 1. The minimum atomic E-state index is -0.395. The fraction of sp³-hybridized carbons (Fsp3) is 0.400. The number of H-pyrrole nitrogens is 1. The predicted molar refractivity (Wildman–Crippen MR) is 126 cm³/mol. The van der Waals surface area contributed by atoms with Gasteiger partial charge in [0, 0.05) is 26.1 Å². The van der Waals surface area contributed by atoms with Gasteiger partial charge in [-0.3, -0.25) is 14.2 Å². The summed E-state index contributed by atoms with van der Waals surface area (Å²) >= 11 is 0. The lowest BCUT2D eigenvalue weighted by molar-refractivity contribution is -0.132. The number of ether oxygens (including phenoxy) is 2. The van der Waals surface area contributed by atoms with Crippen LogP contribution >= 0.6 is 0 Å². The molecule has 2 aromatic carbocycles. The lowest BCUT2D eigenvalue weighted by atomic mass is 9.98. The summed E-state index contributed by atoms with van der Waals surface area (Å²) in [5.41, 5.74) is 2.15. The Balaban J connectivity index is 1.29. The highest BCUT2D eigenvalue weighted by Gasteiger charge is 2.22. The molecule has 0 saturated carbocycles. The van der Waals surface area contributed by atoms with E-state index in [1.165, 1.54) is 10.1 Å². The third kappa shape index (κ3) is 4.79. The Kier molecular flexibility index (Phi) is 6.82. The molecule has 174 valence electrons. The quantitative estimate of drug-likeness (QED) is 0.532. The van der Waals surface area contributed by atoms with Crippen molar-refractivity contribution in [2.24, 2.45) is 0 Å². The van der Waals surface area contributed by atoms with E-state index in [1.807, 2.05) is 17.0 Å². The zero-order valence-corrected chi connectivity index (χ0v) is 19.1. The summed E-state index contributed by atoms with van der Waals surface area (Å²) in [7, 11) is 3.23. The van der Waals surface area contributed by atoms with Crippen LogP contribution in [0.1, 0.15) is 36.8 Å². The first-order valence-corrected chi connectivity index (χ1v) is 11.2. The third-order valence-corrected chi connectivity index (χ3v) is 6.23. The van der Waals surface area contributed by atoms with Crippen LogP contribution in [0.4, 0.5) is 0 Å². The second kappa shape index (κ2) is 9.94. The molecule has 0 aliphatic carbocycles. The second-order valence-corrected chi connectivity index (χ2v) is 8.28. The number of aromatic amines is 1. The maximum Gasteiger partial charge on any atom is 0.328 e. The van der Waals surface area contributed by atoms with Crippen molar-refractivity contribution in [1.82, 2.24) is 14.5 Å². The third-order valence-electron chi connectivity index (χ3n) is 6.23. The summed E-state index contributed by atoms with van der Waals surface area (Å²) in [5, 5.41) is 0.506. The van der Waals surface area contributed by atoms with Crippen molar-refractivity contribution in [3.63, 3.8) is 0 Å². The van der Waals surface area contributed by atoms with Crippen LogP contribution in [0, 0.1) is 0 Å². The highest BCUT2D eigenvalue weighted by Crippen LogP contribution is 2.33. The molecule has 3 aromatic rings. The van der Waals surface area contributed by atoms with Gasteiger partial charge in [0.15, 0.2) is 11.5 Å². The molecule has 2 heterocycles. The smallest absolute Gasteiger partial charge is 0.328 e. The number of nitrogens with one attached hydrogen (secondary N) is 1. The number of hydrogen-bond donors (Lipinski definition) is 1. The molecular weight excluding hydrogens is 422 g/mol. The molecule has 1 amide bonds. The zero-order chi connectivity index (χ0) is 23.4. The van der Waals surface area contributed by atoms with Crippen LogP contribution in [-0.2, 0) is 24.3 Å². The van der Waals surface area contributed by atoms with Gasteiger partial charge in [-0.25, -0.2) is 4.79 Å². The molecule has 0 unspecified atom stereocenters. The van der Waals surface area contributed by atoms with E-state index < -0.39 is 5.69 Å². The van der Waals surface area contributed by atoms with Crippen molar-refractivity contribution >= 4 is 16.8 Å². The van der Waals surface area contributed by atoms with Gasteiger partial charge in [-0.05, 0) is 54.7 Å². The second-order valence-electron chi connectivity index (χ2n) is 8.28. The van der Waals surface area contributed by atoms with Gasteiger partial charge in [-0.1, -0.05) is 18.6 Å². The fourth-order valence-corrected chi connectivity index (χ4v) is 4.38. The van der Waals surface area contributed by atoms with Crippen molar-refractivity contribution < 1.29 is 14.3 Å². The summed E-state index contributed by atoms with van der Waals surface area (Å²) in [5.74, 6) is 1.50. The summed E-state index contributed by atoms with van der Waals surface area (Å²) in [6.07, 6.45) is 3.38. The Morgan fingerprint density at radius 1 is 1.00 bits per heavy atom. The molecule has 0 saturated heterocycles. The number of carbonyl (C=O) groups is 1. The lowest BCUT2D eigenvalue weighted by Crippen LogP contribution is -2.36. The van der Waals surface area contributed by atoms with E-state index in [-0.39, 0.29) is 11.5 Å². The number of methoxy groups -OCH3 is 2. The molecule has 0 bridgehead atoms. The molecule has 4 rings (SSSR count). The van der Waals surface area contributed by atoms with Crippen LogP contribution in [0.25, 0.3) is 10.9 Å². The molecule has 0 atom stereocenters. The average molecular weight is 452 g/mol. The Bertz CT molecular complexity index is 1280. The van der Waals surface area contributed by atoms with Crippen molar-refractivity contribution in [2.75, 3.05) is 20.8 Å². The molecule has 0 fully saturated rings. The highest BCUT2D eigenvalue weighted by molar-refractivity contribution is 5.77. The molecule has 1 N–H and O–H groups in total. The number of nitrogens with zero attached hydrogens (tertiary/aromatic N) is 2. The van der Waals surface area contributed by atoms with E-state index in [2.05, 4.69) is 4.98 Å². The van der Waals surface area contributed by atoms with E-state index in [4.69, 9.17) is 9.47 Å². The van der Waals surface area contributed by atoms with Crippen LogP contribution in [0.2, 0.25) is 0 Å².